The molecule has 0 saturated carbocycles. The number of carboxylic acids is 1. The quantitative estimate of drug-likeness (QED) is 0.873. The number of halogens is 1. The number of pyridine rings is 1. The lowest BCUT2D eigenvalue weighted by atomic mass is 10.1. The number of benzene rings is 1. The Balaban J connectivity index is 2.41. The van der Waals surface area contributed by atoms with Gasteiger partial charge in [-0.05, 0) is 59.3 Å². The van der Waals surface area contributed by atoms with Gasteiger partial charge in [-0.3, -0.25) is 9.78 Å². The van der Waals surface area contributed by atoms with Crippen molar-refractivity contribution < 1.29 is 9.90 Å². The fourth-order valence-corrected chi connectivity index (χ4v) is 2.29. The summed E-state index contributed by atoms with van der Waals surface area (Å²) >= 11 is 2.27. The molecule has 0 radical (unpaired) electrons. The Bertz CT molecular complexity index is 581. The normalized spacial score (nSPS) is 10.7. The molecule has 88 valence electrons. The monoisotopic (exact) mass is 341 g/mol. The molecule has 4 heteroatoms. The van der Waals surface area contributed by atoms with Crippen LogP contribution in [0, 0.1) is 10.5 Å². The highest BCUT2D eigenvalue weighted by Gasteiger charge is 2.05. The number of carboxylic acid groups (broad SMARTS) is 1. The third kappa shape index (κ3) is 2.94. The van der Waals surface area contributed by atoms with Gasteiger partial charge in [-0.2, -0.15) is 0 Å². The molecule has 2 aromatic rings. The van der Waals surface area contributed by atoms with Gasteiger partial charge >= 0.3 is 5.97 Å². The van der Waals surface area contributed by atoms with Crippen molar-refractivity contribution in [3.8, 4) is 0 Å². The first-order chi connectivity index (χ1) is 8.06. The first-order valence-corrected chi connectivity index (χ1v) is 6.42. The Hall–Kier alpha value is -1.17. The van der Waals surface area contributed by atoms with Gasteiger partial charge in [0.15, 0.2) is 0 Å². The number of aliphatic carboxylic acids is 1. The average molecular weight is 341 g/mol. The molecule has 0 aliphatic carbocycles. The van der Waals surface area contributed by atoms with E-state index in [1.165, 1.54) is 3.57 Å². The predicted octanol–water partition coefficient (Wildman–Crippen LogP) is 3.17. The van der Waals surface area contributed by atoms with Crippen LogP contribution < -0.4 is 0 Å². The summed E-state index contributed by atoms with van der Waals surface area (Å²) in [4.78, 5) is 15.0. The summed E-state index contributed by atoms with van der Waals surface area (Å²) in [5.41, 5.74) is 2.93. The molecular formula is C13H12INO2. The van der Waals surface area contributed by atoms with Crippen LogP contribution in [-0.2, 0) is 11.2 Å². The van der Waals surface area contributed by atoms with Crippen LogP contribution in [0.5, 0.6) is 0 Å². The fourth-order valence-electron chi connectivity index (χ4n) is 1.80. The van der Waals surface area contributed by atoms with Crippen LogP contribution in [0.3, 0.4) is 0 Å². The maximum Gasteiger partial charge on any atom is 0.303 e. The van der Waals surface area contributed by atoms with Crippen molar-refractivity contribution in [2.75, 3.05) is 0 Å². The van der Waals surface area contributed by atoms with Crippen LogP contribution in [0.2, 0.25) is 0 Å². The van der Waals surface area contributed by atoms with Crippen LogP contribution in [0.4, 0.5) is 0 Å². The number of aryl methyl sites for hydroxylation is 2. The summed E-state index contributed by atoms with van der Waals surface area (Å²) in [5, 5.41) is 9.80. The molecule has 0 aliphatic heterocycles. The van der Waals surface area contributed by atoms with E-state index in [0.29, 0.717) is 6.42 Å². The van der Waals surface area contributed by atoms with Crippen LogP contribution >= 0.6 is 22.6 Å². The Morgan fingerprint density at radius 3 is 2.88 bits per heavy atom. The van der Waals surface area contributed by atoms with Gasteiger partial charge in [0, 0.05) is 21.1 Å². The Morgan fingerprint density at radius 1 is 1.41 bits per heavy atom. The summed E-state index contributed by atoms with van der Waals surface area (Å²) in [6.45, 7) is 2.03. The van der Waals surface area contributed by atoms with Crippen molar-refractivity contribution >= 4 is 39.5 Å². The topological polar surface area (TPSA) is 50.2 Å². The van der Waals surface area contributed by atoms with E-state index in [1.54, 1.807) is 0 Å². The van der Waals surface area contributed by atoms with Crippen molar-refractivity contribution in [1.82, 2.24) is 4.98 Å². The standard InChI is InChI=1S/C13H12INO2/c1-8-6-10(3-5-13(16)17)15-12-4-2-9(14)7-11(8)12/h2,4,6-7H,3,5H2,1H3,(H,16,17). The minimum atomic E-state index is -0.785. The van der Waals surface area contributed by atoms with E-state index in [1.807, 2.05) is 25.1 Å². The number of carbonyl (C=O) groups is 1. The first-order valence-electron chi connectivity index (χ1n) is 5.34. The van der Waals surface area contributed by atoms with Crippen LogP contribution in [0.1, 0.15) is 17.7 Å². The zero-order valence-electron chi connectivity index (χ0n) is 9.40. The number of nitrogens with zero attached hydrogens (tertiary/aromatic N) is 1. The van der Waals surface area contributed by atoms with Crippen LogP contribution in [0.15, 0.2) is 24.3 Å². The number of hydrogen-bond acceptors (Lipinski definition) is 2. The lowest BCUT2D eigenvalue weighted by molar-refractivity contribution is -0.136. The summed E-state index contributed by atoms with van der Waals surface area (Å²) < 4.78 is 1.18. The maximum atomic E-state index is 10.5. The van der Waals surface area contributed by atoms with Gasteiger partial charge in [0.1, 0.15) is 0 Å². The minimum absolute atomic E-state index is 0.127. The second-order valence-corrected chi connectivity index (χ2v) is 5.23. The highest BCUT2D eigenvalue weighted by molar-refractivity contribution is 14.1. The van der Waals surface area contributed by atoms with E-state index in [9.17, 15) is 4.79 Å². The van der Waals surface area contributed by atoms with Crippen LogP contribution in [0.25, 0.3) is 10.9 Å². The van der Waals surface area contributed by atoms with E-state index in [-0.39, 0.29) is 6.42 Å². The molecule has 2 rings (SSSR count). The highest BCUT2D eigenvalue weighted by atomic mass is 127. The van der Waals surface area contributed by atoms with Crippen LogP contribution in [-0.4, -0.2) is 16.1 Å². The number of aromatic nitrogens is 1. The molecule has 1 N–H and O–H groups in total. The third-order valence-electron chi connectivity index (χ3n) is 2.63. The molecule has 0 spiro atoms. The Morgan fingerprint density at radius 2 is 2.18 bits per heavy atom. The van der Waals surface area contributed by atoms with Gasteiger partial charge in [-0.15, -0.1) is 0 Å². The molecule has 0 bridgehead atoms. The molecule has 3 nitrogen and oxygen atoms in total. The van der Waals surface area contributed by atoms with Gasteiger partial charge < -0.3 is 5.11 Å². The summed E-state index contributed by atoms with van der Waals surface area (Å²) in [5.74, 6) is -0.785. The number of rotatable bonds is 3. The second kappa shape index (κ2) is 5.00. The zero-order chi connectivity index (χ0) is 12.4. The minimum Gasteiger partial charge on any atom is -0.481 e. The van der Waals surface area contributed by atoms with E-state index >= 15 is 0 Å². The maximum absolute atomic E-state index is 10.5. The largest absolute Gasteiger partial charge is 0.481 e. The lowest BCUT2D eigenvalue weighted by Gasteiger charge is -2.06. The molecule has 0 unspecified atom stereocenters. The van der Waals surface area contributed by atoms with E-state index in [4.69, 9.17) is 5.11 Å². The van der Waals surface area contributed by atoms with Crippen molar-refractivity contribution in [2.45, 2.75) is 19.8 Å². The molecular weight excluding hydrogens is 329 g/mol. The van der Waals surface area contributed by atoms with Crippen molar-refractivity contribution in [3.63, 3.8) is 0 Å². The fraction of sp³-hybridized carbons (Fsp3) is 0.231. The van der Waals surface area contributed by atoms with Crippen molar-refractivity contribution in [2.24, 2.45) is 0 Å². The smallest absolute Gasteiger partial charge is 0.303 e. The number of hydrogen-bond donors (Lipinski definition) is 1. The molecule has 0 aliphatic rings. The summed E-state index contributed by atoms with van der Waals surface area (Å²) in [7, 11) is 0. The van der Waals surface area contributed by atoms with Gasteiger partial charge in [-0.1, -0.05) is 0 Å². The molecule has 0 saturated heterocycles. The zero-order valence-corrected chi connectivity index (χ0v) is 11.6. The van der Waals surface area contributed by atoms with E-state index < -0.39 is 5.97 Å². The summed E-state index contributed by atoms with van der Waals surface area (Å²) in [6.07, 6.45) is 0.612. The molecule has 1 aromatic carbocycles. The van der Waals surface area contributed by atoms with E-state index in [2.05, 4.69) is 33.6 Å². The average Bonchev–Trinajstić information content (AvgIpc) is 2.27. The predicted molar refractivity (Wildman–Crippen MR) is 75.2 cm³/mol. The molecule has 0 atom stereocenters. The van der Waals surface area contributed by atoms with Crippen molar-refractivity contribution in [1.29, 1.82) is 0 Å². The molecule has 0 amide bonds. The lowest BCUT2D eigenvalue weighted by Crippen LogP contribution is -2.00. The molecule has 1 aromatic heterocycles. The number of fused-ring (bicyclic) bond motifs is 1. The van der Waals surface area contributed by atoms with E-state index in [0.717, 1.165) is 22.2 Å². The second-order valence-electron chi connectivity index (χ2n) is 3.99. The molecule has 0 fully saturated rings. The van der Waals surface area contributed by atoms with Gasteiger partial charge in [0.05, 0.1) is 11.9 Å². The molecule has 17 heavy (non-hydrogen) atoms. The van der Waals surface area contributed by atoms with Gasteiger partial charge in [-0.25, -0.2) is 0 Å². The summed E-state index contributed by atoms with van der Waals surface area (Å²) in [6, 6.07) is 8.06. The van der Waals surface area contributed by atoms with Gasteiger partial charge in [0.25, 0.3) is 0 Å². The van der Waals surface area contributed by atoms with Gasteiger partial charge in [0.2, 0.25) is 0 Å². The third-order valence-corrected chi connectivity index (χ3v) is 3.30. The first kappa shape index (κ1) is 12.3. The SMILES string of the molecule is Cc1cc(CCC(=O)O)nc2ccc(I)cc12. The highest BCUT2D eigenvalue weighted by Crippen LogP contribution is 2.20. The molecule has 1 heterocycles. The van der Waals surface area contributed by atoms with Crippen molar-refractivity contribution in [3.05, 3.63) is 39.1 Å². The Labute approximate surface area is 113 Å². The Kier molecular flexibility index (Phi) is 3.61.